The monoisotopic (exact) mass is 426 g/mol. The SMILES string of the molecule is Cc1ccc(-c2nc(CCOc3cccc4c3CCC=C4Cc3cnoc3)c(C)o2)cc1. The van der Waals surface area contributed by atoms with Crippen LogP contribution in [0.25, 0.3) is 17.0 Å². The smallest absolute Gasteiger partial charge is 0.226 e. The first kappa shape index (κ1) is 20.3. The number of fused-ring (bicyclic) bond motifs is 1. The zero-order valence-electron chi connectivity index (χ0n) is 18.4. The second kappa shape index (κ2) is 8.87. The summed E-state index contributed by atoms with van der Waals surface area (Å²) >= 11 is 0. The van der Waals surface area contributed by atoms with Crippen LogP contribution in [0, 0.1) is 13.8 Å². The molecule has 0 amide bonds. The van der Waals surface area contributed by atoms with Gasteiger partial charge in [-0.05, 0) is 56.0 Å². The van der Waals surface area contributed by atoms with Gasteiger partial charge in [-0.25, -0.2) is 4.98 Å². The number of aromatic nitrogens is 2. The van der Waals surface area contributed by atoms with Gasteiger partial charge in [0.05, 0.1) is 18.5 Å². The molecule has 5 rings (SSSR count). The Hall–Kier alpha value is -3.60. The number of hydrogen-bond donors (Lipinski definition) is 0. The van der Waals surface area contributed by atoms with Crippen LogP contribution in [0.5, 0.6) is 5.75 Å². The van der Waals surface area contributed by atoms with Crippen LogP contribution in [0.4, 0.5) is 0 Å². The van der Waals surface area contributed by atoms with Crippen molar-refractivity contribution >= 4 is 5.57 Å². The van der Waals surface area contributed by atoms with Crippen LogP contribution in [0.15, 0.2) is 69.9 Å². The highest BCUT2D eigenvalue weighted by atomic mass is 16.5. The molecule has 0 unspecified atom stereocenters. The van der Waals surface area contributed by atoms with Crippen molar-refractivity contribution < 1.29 is 13.7 Å². The number of nitrogens with zero attached hydrogens (tertiary/aromatic N) is 2. The van der Waals surface area contributed by atoms with Crippen LogP contribution in [0.2, 0.25) is 0 Å². The van der Waals surface area contributed by atoms with E-state index >= 15 is 0 Å². The fourth-order valence-electron chi connectivity index (χ4n) is 4.20. The number of aryl methyl sites for hydroxylation is 2. The Morgan fingerprint density at radius 2 is 1.94 bits per heavy atom. The van der Waals surface area contributed by atoms with Crippen molar-refractivity contribution in [3.05, 3.63) is 94.7 Å². The normalized spacial score (nSPS) is 13.0. The van der Waals surface area contributed by atoms with Crippen LogP contribution < -0.4 is 4.74 Å². The number of rotatable bonds is 7. The van der Waals surface area contributed by atoms with Crippen LogP contribution in [-0.2, 0) is 19.3 Å². The van der Waals surface area contributed by atoms with Crippen molar-refractivity contribution in [2.75, 3.05) is 6.61 Å². The van der Waals surface area contributed by atoms with E-state index in [2.05, 4.69) is 48.5 Å². The molecule has 2 heterocycles. The molecule has 0 saturated carbocycles. The van der Waals surface area contributed by atoms with Gasteiger partial charge in [-0.15, -0.1) is 0 Å². The third-order valence-electron chi connectivity index (χ3n) is 5.93. The molecule has 0 bridgehead atoms. The fourth-order valence-corrected chi connectivity index (χ4v) is 4.20. The summed E-state index contributed by atoms with van der Waals surface area (Å²) in [5.74, 6) is 2.47. The highest BCUT2D eigenvalue weighted by Gasteiger charge is 2.18. The minimum absolute atomic E-state index is 0.557. The molecule has 1 aliphatic rings. The molecule has 0 N–H and O–H groups in total. The maximum atomic E-state index is 6.24. The van der Waals surface area contributed by atoms with E-state index < -0.39 is 0 Å². The van der Waals surface area contributed by atoms with Gasteiger partial charge in [-0.2, -0.15) is 0 Å². The largest absolute Gasteiger partial charge is 0.493 e. The van der Waals surface area contributed by atoms with E-state index in [0.717, 1.165) is 47.6 Å². The summed E-state index contributed by atoms with van der Waals surface area (Å²) in [6, 6.07) is 14.5. The van der Waals surface area contributed by atoms with Gasteiger partial charge in [0.1, 0.15) is 17.8 Å². The van der Waals surface area contributed by atoms with Crippen LogP contribution >= 0.6 is 0 Å². The van der Waals surface area contributed by atoms with Crippen LogP contribution in [0.1, 0.15) is 40.1 Å². The molecule has 2 aromatic heterocycles. The van der Waals surface area contributed by atoms with Gasteiger partial charge >= 0.3 is 0 Å². The maximum Gasteiger partial charge on any atom is 0.226 e. The lowest BCUT2D eigenvalue weighted by Gasteiger charge is -2.20. The molecule has 0 radical (unpaired) electrons. The van der Waals surface area contributed by atoms with Gasteiger partial charge in [0, 0.05) is 29.5 Å². The number of benzene rings is 2. The molecular formula is C27H26N2O3. The number of hydrogen-bond acceptors (Lipinski definition) is 5. The van der Waals surface area contributed by atoms with Crippen molar-refractivity contribution in [1.29, 1.82) is 0 Å². The first-order valence-corrected chi connectivity index (χ1v) is 11.0. The summed E-state index contributed by atoms with van der Waals surface area (Å²) in [6.07, 6.45) is 9.31. The predicted octanol–water partition coefficient (Wildman–Crippen LogP) is 6.14. The molecule has 162 valence electrons. The predicted molar refractivity (Wildman–Crippen MR) is 124 cm³/mol. The van der Waals surface area contributed by atoms with Crippen molar-refractivity contribution in [1.82, 2.24) is 10.1 Å². The molecule has 32 heavy (non-hydrogen) atoms. The summed E-state index contributed by atoms with van der Waals surface area (Å²) < 4.78 is 17.1. The standard InChI is InChI=1S/C27H26N2O3/c1-18-9-11-21(12-10-18)27-29-25(19(2)32-27)13-14-30-26-8-4-6-23-22(5-3-7-24(23)26)15-20-16-28-31-17-20/h4-6,8-12,16-17H,3,7,13-15H2,1-2H3. The number of ether oxygens (including phenoxy) is 1. The molecule has 0 fully saturated rings. The first-order valence-electron chi connectivity index (χ1n) is 11.0. The summed E-state index contributed by atoms with van der Waals surface area (Å²) in [5, 5.41) is 3.82. The molecule has 5 heteroatoms. The van der Waals surface area contributed by atoms with Crippen molar-refractivity contribution in [2.24, 2.45) is 0 Å². The van der Waals surface area contributed by atoms with Crippen molar-refractivity contribution in [3.8, 4) is 17.2 Å². The molecule has 0 aliphatic heterocycles. The third kappa shape index (κ3) is 4.24. The molecule has 0 saturated heterocycles. The van der Waals surface area contributed by atoms with E-state index in [4.69, 9.17) is 18.7 Å². The Balaban J connectivity index is 1.27. The van der Waals surface area contributed by atoms with E-state index in [0.29, 0.717) is 18.9 Å². The van der Waals surface area contributed by atoms with Gasteiger partial charge in [-0.1, -0.05) is 41.1 Å². The van der Waals surface area contributed by atoms with E-state index in [-0.39, 0.29) is 0 Å². The minimum atomic E-state index is 0.557. The quantitative estimate of drug-likeness (QED) is 0.355. The topological polar surface area (TPSA) is 61.3 Å². The lowest BCUT2D eigenvalue weighted by Crippen LogP contribution is -2.08. The van der Waals surface area contributed by atoms with Crippen molar-refractivity contribution in [3.63, 3.8) is 0 Å². The van der Waals surface area contributed by atoms with Gasteiger partial charge < -0.3 is 13.7 Å². The van der Waals surface area contributed by atoms with Crippen LogP contribution in [0.3, 0.4) is 0 Å². The fraction of sp³-hybridized carbons (Fsp3) is 0.259. The van der Waals surface area contributed by atoms with Gasteiger partial charge in [0.2, 0.25) is 5.89 Å². The lowest BCUT2D eigenvalue weighted by molar-refractivity contribution is 0.316. The number of oxazole rings is 1. The minimum Gasteiger partial charge on any atom is -0.493 e. The van der Waals surface area contributed by atoms with Gasteiger partial charge in [-0.3, -0.25) is 0 Å². The second-order valence-electron chi connectivity index (χ2n) is 8.25. The summed E-state index contributed by atoms with van der Waals surface area (Å²) in [5.41, 5.74) is 8.08. The van der Waals surface area contributed by atoms with E-state index in [1.165, 1.54) is 22.3 Å². The average molecular weight is 427 g/mol. The average Bonchev–Trinajstić information content (AvgIpc) is 3.45. The van der Waals surface area contributed by atoms with E-state index in [9.17, 15) is 0 Å². The lowest BCUT2D eigenvalue weighted by atomic mass is 9.87. The summed E-state index contributed by atoms with van der Waals surface area (Å²) in [7, 11) is 0. The first-order chi connectivity index (χ1) is 15.7. The van der Waals surface area contributed by atoms with Gasteiger partial charge in [0.15, 0.2) is 0 Å². The van der Waals surface area contributed by atoms with Gasteiger partial charge in [0.25, 0.3) is 0 Å². The zero-order chi connectivity index (χ0) is 21.9. The third-order valence-corrected chi connectivity index (χ3v) is 5.93. The number of allylic oxidation sites excluding steroid dienone is 2. The Labute approximate surface area is 187 Å². The molecule has 0 atom stereocenters. The Bertz CT molecular complexity index is 1230. The Kier molecular flexibility index (Phi) is 5.63. The molecule has 5 nitrogen and oxygen atoms in total. The Morgan fingerprint density at radius 3 is 2.75 bits per heavy atom. The summed E-state index contributed by atoms with van der Waals surface area (Å²) in [4.78, 5) is 4.71. The molecule has 4 aromatic rings. The highest BCUT2D eigenvalue weighted by molar-refractivity contribution is 5.73. The van der Waals surface area contributed by atoms with E-state index in [1.54, 1.807) is 12.5 Å². The highest BCUT2D eigenvalue weighted by Crippen LogP contribution is 2.35. The Morgan fingerprint density at radius 1 is 1.06 bits per heavy atom. The zero-order valence-corrected chi connectivity index (χ0v) is 18.4. The van der Waals surface area contributed by atoms with E-state index in [1.807, 2.05) is 19.1 Å². The molecular weight excluding hydrogens is 400 g/mol. The molecule has 1 aliphatic carbocycles. The second-order valence-corrected chi connectivity index (χ2v) is 8.25. The summed E-state index contributed by atoms with van der Waals surface area (Å²) in [6.45, 7) is 4.59. The van der Waals surface area contributed by atoms with Crippen LogP contribution in [-0.4, -0.2) is 16.7 Å². The molecule has 0 spiro atoms. The maximum absolute atomic E-state index is 6.24. The van der Waals surface area contributed by atoms with Crippen molar-refractivity contribution in [2.45, 2.75) is 39.5 Å². The molecule has 2 aromatic carbocycles.